The molecule has 4 rings (SSSR count). The van der Waals surface area contributed by atoms with Crippen molar-refractivity contribution < 1.29 is 27.8 Å². The molecule has 3 saturated heterocycles. The second-order valence-electron chi connectivity index (χ2n) is 7.90. The molecule has 3 aliphatic heterocycles. The number of aryl methyl sites for hydroxylation is 1. The number of hydrogen-bond acceptors (Lipinski definition) is 7. The Morgan fingerprint density at radius 2 is 1.87 bits per heavy atom. The Morgan fingerprint density at radius 1 is 1.16 bits per heavy atom. The van der Waals surface area contributed by atoms with Crippen LogP contribution in [0.5, 0.6) is 0 Å². The molecular formula is C19H30N4O7S. The zero-order valence-corrected chi connectivity index (χ0v) is 18.4. The highest BCUT2D eigenvalue weighted by molar-refractivity contribution is 7.86. The number of carboxylic acid groups (broad SMARTS) is 1. The number of rotatable bonds is 4. The Bertz CT molecular complexity index is 901. The van der Waals surface area contributed by atoms with E-state index in [-0.39, 0.29) is 24.0 Å². The Labute approximate surface area is 181 Å². The van der Waals surface area contributed by atoms with Crippen LogP contribution in [0, 0.1) is 5.92 Å². The van der Waals surface area contributed by atoms with Crippen LogP contribution in [0.2, 0.25) is 0 Å². The first-order valence-electron chi connectivity index (χ1n) is 10.2. The summed E-state index contributed by atoms with van der Waals surface area (Å²) in [6.45, 7) is 4.55. The Hall–Kier alpha value is -1.83. The maximum atomic E-state index is 13.3. The van der Waals surface area contributed by atoms with E-state index in [1.165, 1.54) is 4.31 Å². The van der Waals surface area contributed by atoms with E-state index in [1.54, 1.807) is 22.1 Å². The molecule has 174 valence electrons. The number of carbonyl (C=O) groups is 1. The minimum absolute atomic E-state index is 0.00838. The maximum absolute atomic E-state index is 13.3. The molecule has 11 nitrogen and oxygen atoms in total. The van der Waals surface area contributed by atoms with Crippen molar-refractivity contribution >= 4 is 16.7 Å². The molecule has 4 heterocycles. The van der Waals surface area contributed by atoms with Crippen molar-refractivity contribution in [3.05, 3.63) is 34.2 Å². The zero-order valence-electron chi connectivity index (χ0n) is 17.6. The third-order valence-electron chi connectivity index (χ3n) is 5.68. The van der Waals surface area contributed by atoms with Gasteiger partial charge in [-0.15, -0.1) is 0 Å². The normalized spacial score (nSPS) is 25.8. The fourth-order valence-electron chi connectivity index (χ4n) is 4.25. The van der Waals surface area contributed by atoms with Crippen molar-refractivity contribution in [1.82, 2.24) is 18.1 Å². The van der Waals surface area contributed by atoms with Gasteiger partial charge in [-0.05, 0) is 6.07 Å². The van der Waals surface area contributed by atoms with Crippen LogP contribution in [0.3, 0.4) is 0 Å². The van der Waals surface area contributed by atoms with Gasteiger partial charge in [-0.25, -0.2) is 0 Å². The van der Waals surface area contributed by atoms with Gasteiger partial charge in [-0.2, -0.15) is 17.0 Å². The fourth-order valence-corrected chi connectivity index (χ4v) is 6.07. The van der Waals surface area contributed by atoms with E-state index in [4.69, 9.17) is 19.4 Å². The smallest absolute Gasteiger partial charge is 0.290 e. The summed E-state index contributed by atoms with van der Waals surface area (Å²) >= 11 is 0. The molecule has 12 heteroatoms. The first-order valence-corrected chi connectivity index (χ1v) is 11.6. The van der Waals surface area contributed by atoms with Crippen molar-refractivity contribution in [3.8, 4) is 0 Å². The lowest BCUT2D eigenvalue weighted by Gasteiger charge is -2.35. The van der Waals surface area contributed by atoms with Gasteiger partial charge in [0, 0.05) is 64.0 Å². The van der Waals surface area contributed by atoms with E-state index in [1.807, 2.05) is 12.1 Å². The van der Waals surface area contributed by atoms with Gasteiger partial charge in [0.05, 0.1) is 32.5 Å². The van der Waals surface area contributed by atoms with E-state index in [0.717, 1.165) is 5.56 Å². The highest BCUT2D eigenvalue weighted by atomic mass is 32.2. The second-order valence-corrected chi connectivity index (χ2v) is 9.78. The summed E-state index contributed by atoms with van der Waals surface area (Å²) in [5, 5.41) is 6.89. The molecule has 0 saturated carbocycles. The Balaban J connectivity index is 0.000000858. The van der Waals surface area contributed by atoms with Crippen LogP contribution in [0.15, 0.2) is 23.1 Å². The SMILES string of the molecule is Cn1cccc(CN2C[C@@H]3COC[C@H](C2)N(S(=O)(=O)N2CCOCC2)C3)c1=O.O=CO. The average Bonchev–Trinajstić information content (AvgIpc) is 3.04. The first kappa shape index (κ1) is 23.8. The highest BCUT2D eigenvalue weighted by Gasteiger charge is 2.42. The molecule has 1 aromatic heterocycles. The largest absolute Gasteiger partial charge is 0.483 e. The van der Waals surface area contributed by atoms with E-state index in [0.29, 0.717) is 65.7 Å². The predicted molar refractivity (Wildman–Crippen MR) is 112 cm³/mol. The topological polar surface area (TPSA) is 122 Å². The van der Waals surface area contributed by atoms with Crippen LogP contribution >= 0.6 is 0 Å². The standard InChI is InChI=1S/C18H28N4O5S.CH2O2/c1-19-4-2-3-16(18(19)23)11-20-9-15-10-22(17(12-20)14-27-13-15)28(24,25)21-5-7-26-8-6-21;2-1-3/h2-4,15,17H,5-14H2,1H3;1H,(H,2,3)/t15-,17-;/m0./s1. The summed E-state index contributed by atoms with van der Waals surface area (Å²) in [7, 11) is -1.82. The molecule has 0 aromatic carbocycles. The molecule has 31 heavy (non-hydrogen) atoms. The lowest BCUT2D eigenvalue weighted by Crippen LogP contribution is -2.54. The minimum atomic E-state index is -3.56. The van der Waals surface area contributed by atoms with Gasteiger partial charge in [0.25, 0.3) is 22.2 Å². The van der Waals surface area contributed by atoms with Gasteiger partial charge in [-0.1, -0.05) is 6.07 Å². The molecule has 0 spiro atoms. The third-order valence-corrected chi connectivity index (χ3v) is 7.74. The predicted octanol–water partition coefficient (Wildman–Crippen LogP) is -1.20. The van der Waals surface area contributed by atoms with Crippen molar-refractivity contribution in [2.45, 2.75) is 12.6 Å². The minimum Gasteiger partial charge on any atom is -0.483 e. The number of pyridine rings is 1. The van der Waals surface area contributed by atoms with E-state index in [9.17, 15) is 13.2 Å². The van der Waals surface area contributed by atoms with Gasteiger partial charge in [0.2, 0.25) is 0 Å². The summed E-state index contributed by atoms with van der Waals surface area (Å²) in [5.41, 5.74) is 0.722. The maximum Gasteiger partial charge on any atom is 0.290 e. The number of ether oxygens (including phenoxy) is 2. The molecule has 2 atom stereocenters. The second kappa shape index (κ2) is 10.7. The summed E-state index contributed by atoms with van der Waals surface area (Å²) in [6.07, 6.45) is 1.74. The molecular weight excluding hydrogens is 428 g/mol. The van der Waals surface area contributed by atoms with Crippen LogP contribution in [-0.2, 0) is 38.1 Å². The third kappa shape index (κ3) is 5.70. The quantitative estimate of drug-likeness (QED) is 0.558. The van der Waals surface area contributed by atoms with Crippen LogP contribution in [0.4, 0.5) is 0 Å². The van der Waals surface area contributed by atoms with Gasteiger partial charge in [0.15, 0.2) is 0 Å². The van der Waals surface area contributed by atoms with E-state index < -0.39 is 10.2 Å². The van der Waals surface area contributed by atoms with Crippen LogP contribution < -0.4 is 5.56 Å². The molecule has 1 aromatic rings. The first-order chi connectivity index (χ1) is 14.9. The van der Waals surface area contributed by atoms with Crippen LogP contribution in [-0.4, -0.2) is 103 Å². The Kier molecular flexibility index (Phi) is 8.19. The lowest BCUT2D eigenvalue weighted by molar-refractivity contribution is -0.122. The van der Waals surface area contributed by atoms with Crippen molar-refractivity contribution in [3.63, 3.8) is 0 Å². The number of hydrogen-bond donors (Lipinski definition) is 1. The molecule has 0 radical (unpaired) electrons. The van der Waals surface area contributed by atoms with Crippen molar-refractivity contribution in [2.24, 2.45) is 13.0 Å². The zero-order chi connectivity index (χ0) is 22.4. The summed E-state index contributed by atoms with van der Waals surface area (Å²) in [5.74, 6) is 0.0795. The molecule has 3 aliphatic rings. The summed E-state index contributed by atoms with van der Waals surface area (Å²) < 4.78 is 42.3. The van der Waals surface area contributed by atoms with Crippen molar-refractivity contribution in [1.29, 1.82) is 0 Å². The number of morpholine rings is 1. The molecule has 0 aliphatic carbocycles. The molecule has 0 unspecified atom stereocenters. The number of fused-ring (bicyclic) bond motifs is 3. The monoisotopic (exact) mass is 458 g/mol. The average molecular weight is 459 g/mol. The van der Waals surface area contributed by atoms with E-state index in [2.05, 4.69) is 4.90 Å². The van der Waals surface area contributed by atoms with Gasteiger partial charge in [0.1, 0.15) is 0 Å². The summed E-state index contributed by atoms with van der Waals surface area (Å²) in [4.78, 5) is 23.0. The molecule has 3 fully saturated rings. The number of nitrogens with zero attached hydrogens (tertiary/aromatic N) is 4. The van der Waals surface area contributed by atoms with Crippen molar-refractivity contribution in [2.75, 3.05) is 59.2 Å². The van der Waals surface area contributed by atoms with Gasteiger partial charge in [-0.3, -0.25) is 14.5 Å². The van der Waals surface area contributed by atoms with E-state index >= 15 is 0 Å². The van der Waals surface area contributed by atoms with Gasteiger partial charge < -0.3 is 19.1 Å². The lowest BCUT2D eigenvalue weighted by atomic mass is 10.1. The highest BCUT2D eigenvalue weighted by Crippen LogP contribution is 2.25. The molecule has 2 bridgehead atoms. The van der Waals surface area contributed by atoms with Gasteiger partial charge >= 0.3 is 0 Å². The number of aromatic nitrogens is 1. The van der Waals surface area contributed by atoms with Crippen LogP contribution in [0.1, 0.15) is 5.56 Å². The summed E-state index contributed by atoms with van der Waals surface area (Å²) in [6, 6.07) is 3.46. The fraction of sp³-hybridized carbons (Fsp3) is 0.684. The van der Waals surface area contributed by atoms with Crippen LogP contribution in [0.25, 0.3) is 0 Å². The Morgan fingerprint density at radius 3 is 2.58 bits per heavy atom. The molecule has 1 N–H and O–H groups in total. The molecule has 0 amide bonds.